The van der Waals surface area contributed by atoms with Crippen LogP contribution in [0.3, 0.4) is 0 Å². The summed E-state index contributed by atoms with van der Waals surface area (Å²) in [5.74, 6) is 1.66. The van der Waals surface area contributed by atoms with Crippen molar-refractivity contribution in [3.8, 4) is 22.7 Å². The second-order valence-electron chi connectivity index (χ2n) is 6.13. The predicted octanol–water partition coefficient (Wildman–Crippen LogP) is 4.39. The zero-order valence-electron chi connectivity index (χ0n) is 14.5. The molecule has 132 valence electrons. The van der Waals surface area contributed by atoms with Gasteiger partial charge in [-0.1, -0.05) is 35.5 Å². The third kappa shape index (κ3) is 3.44. The van der Waals surface area contributed by atoms with Gasteiger partial charge in [0.15, 0.2) is 0 Å². The molecule has 0 atom stereocenters. The molecule has 0 fully saturated rings. The Labute approximate surface area is 155 Å². The fourth-order valence-corrected chi connectivity index (χ4v) is 3.48. The first-order chi connectivity index (χ1) is 12.7. The second kappa shape index (κ2) is 7.23. The minimum absolute atomic E-state index is 0.432. The maximum absolute atomic E-state index is 5.90. The van der Waals surface area contributed by atoms with Gasteiger partial charge in [-0.2, -0.15) is 11.3 Å². The van der Waals surface area contributed by atoms with Gasteiger partial charge in [0, 0.05) is 12.1 Å². The summed E-state index contributed by atoms with van der Waals surface area (Å²) >= 11 is 1.70. The van der Waals surface area contributed by atoms with Crippen molar-refractivity contribution in [2.45, 2.75) is 20.0 Å². The van der Waals surface area contributed by atoms with Crippen molar-refractivity contribution in [1.29, 1.82) is 0 Å². The van der Waals surface area contributed by atoms with Gasteiger partial charge in [0.05, 0.1) is 6.54 Å². The summed E-state index contributed by atoms with van der Waals surface area (Å²) in [6.07, 6.45) is 0. The zero-order valence-corrected chi connectivity index (χ0v) is 15.4. The molecule has 0 aliphatic heterocycles. The summed E-state index contributed by atoms with van der Waals surface area (Å²) in [7, 11) is 2.03. The molecule has 0 aliphatic rings. The molecular weight excluding hydrogens is 348 g/mol. The highest BCUT2D eigenvalue weighted by molar-refractivity contribution is 7.07. The quantitative estimate of drug-likeness (QED) is 0.504. The second-order valence-corrected chi connectivity index (χ2v) is 6.91. The van der Waals surface area contributed by atoms with E-state index in [-0.39, 0.29) is 0 Å². The lowest BCUT2D eigenvalue weighted by Gasteiger charge is -2.12. The maximum Gasteiger partial charge on any atom is 0.253 e. The van der Waals surface area contributed by atoms with E-state index < -0.39 is 0 Å². The Kier molecular flexibility index (Phi) is 4.64. The minimum atomic E-state index is 0.432. The van der Waals surface area contributed by atoms with E-state index in [4.69, 9.17) is 8.94 Å². The highest BCUT2D eigenvalue weighted by Gasteiger charge is 2.22. The summed E-state index contributed by atoms with van der Waals surface area (Å²) < 4.78 is 11.3. The van der Waals surface area contributed by atoms with Crippen LogP contribution in [0.1, 0.15) is 17.2 Å². The molecule has 0 aliphatic carbocycles. The van der Waals surface area contributed by atoms with Crippen molar-refractivity contribution in [2.24, 2.45) is 0 Å². The molecule has 3 aromatic heterocycles. The summed E-state index contributed by atoms with van der Waals surface area (Å²) in [6, 6.07) is 12.0. The Morgan fingerprint density at radius 2 is 1.92 bits per heavy atom. The molecule has 1 aromatic carbocycles. The molecular formula is C19H18N4O2S. The summed E-state index contributed by atoms with van der Waals surface area (Å²) in [4.78, 5) is 2.14. The van der Waals surface area contributed by atoms with E-state index >= 15 is 0 Å². The Bertz CT molecular complexity index is 976. The Balaban J connectivity index is 1.56. The summed E-state index contributed by atoms with van der Waals surface area (Å²) in [6.45, 7) is 3.26. The first-order valence-electron chi connectivity index (χ1n) is 8.25. The number of nitrogens with zero attached hydrogens (tertiary/aromatic N) is 4. The normalized spacial score (nSPS) is 11.3. The van der Waals surface area contributed by atoms with Crippen LogP contribution >= 0.6 is 11.3 Å². The molecule has 26 heavy (non-hydrogen) atoms. The molecule has 3 heterocycles. The van der Waals surface area contributed by atoms with Crippen molar-refractivity contribution in [1.82, 2.24) is 20.3 Å². The lowest BCUT2D eigenvalue weighted by molar-refractivity contribution is 0.283. The van der Waals surface area contributed by atoms with Gasteiger partial charge in [0.25, 0.3) is 5.89 Å². The molecule has 0 radical (unpaired) electrons. The number of hydrogen-bond donors (Lipinski definition) is 0. The number of rotatable bonds is 6. The van der Waals surface area contributed by atoms with Gasteiger partial charge in [0.1, 0.15) is 17.0 Å². The SMILES string of the molecule is Cc1onc(-c2ccccc2)c1-c1nnc(CN(C)Cc2ccsc2)o1. The van der Waals surface area contributed by atoms with E-state index in [0.29, 0.717) is 29.8 Å². The third-order valence-electron chi connectivity index (χ3n) is 4.03. The van der Waals surface area contributed by atoms with E-state index in [1.54, 1.807) is 11.3 Å². The Hall–Kier alpha value is -2.77. The minimum Gasteiger partial charge on any atom is -0.419 e. The maximum atomic E-state index is 5.90. The fourth-order valence-electron chi connectivity index (χ4n) is 2.82. The molecule has 0 bridgehead atoms. The topological polar surface area (TPSA) is 68.2 Å². The van der Waals surface area contributed by atoms with Gasteiger partial charge in [-0.15, -0.1) is 10.2 Å². The highest BCUT2D eigenvalue weighted by atomic mass is 32.1. The van der Waals surface area contributed by atoms with E-state index in [1.165, 1.54) is 5.56 Å². The third-order valence-corrected chi connectivity index (χ3v) is 4.76. The monoisotopic (exact) mass is 366 g/mol. The largest absolute Gasteiger partial charge is 0.419 e. The number of hydrogen-bond acceptors (Lipinski definition) is 7. The van der Waals surface area contributed by atoms with Gasteiger partial charge in [-0.05, 0) is 36.4 Å². The van der Waals surface area contributed by atoms with Crippen LogP contribution < -0.4 is 0 Å². The zero-order chi connectivity index (χ0) is 17.9. The summed E-state index contributed by atoms with van der Waals surface area (Å²) in [5, 5.41) is 16.8. The van der Waals surface area contributed by atoms with Gasteiger partial charge >= 0.3 is 0 Å². The molecule has 0 amide bonds. The van der Waals surface area contributed by atoms with Crippen molar-refractivity contribution in [3.63, 3.8) is 0 Å². The molecule has 4 rings (SSSR count). The highest BCUT2D eigenvalue weighted by Crippen LogP contribution is 2.33. The average molecular weight is 366 g/mol. The van der Waals surface area contributed by atoms with Crippen LogP contribution in [0.5, 0.6) is 0 Å². The number of aromatic nitrogens is 3. The fraction of sp³-hybridized carbons (Fsp3) is 0.211. The van der Waals surface area contributed by atoms with Crippen LogP contribution in [-0.2, 0) is 13.1 Å². The van der Waals surface area contributed by atoms with Crippen molar-refractivity contribution in [3.05, 3.63) is 64.4 Å². The lowest BCUT2D eigenvalue weighted by atomic mass is 10.1. The van der Waals surface area contributed by atoms with Gasteiger partial charge < -0.3 is 8.94 Å². The molecule has 4 aromatic rings. The standard InChI is InChI=1S/C19H18N4O2S/c1-13-17(18(22-25-13)15-6-4-3-5-7-15)19-21-20-16(24-19)11-23(2)10-14-8-9-26-12-14/h3-9,12H,10-11H2,1-2H3. The molecule has 7 heteroatoms. The van der Waals surface area contributed by atoms with Crippen molar-refractivity contribution in [2.75, 3.05) is 7.05 Å². The van der Waals surface area contributed by atoms with E-state index in [2.05, 4.69) is 37.1 Å². The Morgan fingerprint density at radius 1 is 1.08 bits per heavy atom. The van der Waals surface area contributed by atoms with Crippen molar-refractivity contribution >= 4 is 11.3 Å². The van der Waals surface area contributed by atoms with Gasteiger partial charge in [-0.25, -0.2) is 0 Å². The van der Waals surface area contributed by atoms with Crippen LogP contribution in [0.25, 0.3) is 22.7 Å². The number of benzene rings is 1. The molecule has 0 spiro atoms. The van der Waals surface area contributed by atoms with Gasteiger partial charge in [-0.3, -0.25) is 4.90 Å². The van der Waals surface area contributed by atoms with Crippen LogP contribution in [-0.4, -0.2) is 27.3 Å². The van der Waals surface area contributed by atoms with Crippen LogP contribution in [0.15, 0.2) is 56.1 Å². The van der Waals surface area contributed by atoms with E-state index in [0.717, 1.165) is 17.7 Å². The predicted molar refractivity (Wildman–Crippen MR) is 99.5 cm³/mol. The lowest BCUT2D eigenvalue weighted by Crippen LogP contribution is -2.17. The van der Waals surface area contributed by atoms with Crippen molar-refractivity contribution < 1.29 is 8.94 Å². The van der Waals surface area contributed by atoms with Crippen LogP contribution in [0.4, 0.5) is 0 Å². The Morgan fingerprint density at radius 3 is 2.69 bits per heavy atom. The summed E-state index contributed by atoms with van der Waals surface area (Å²) in [5.41, 5.74) is 3.69. The molecule has 0 unspecified atom stereocenters. The molecule has 0 saturated carbocycles. The van der Waals surface area contributed by atoms with Gasteiger partial charge in [0.2, 0.25) is 5.89 Å². The van der Waals surface area contributed by atoms with E-state index in [9.17, 15) is 0 Å². The first kappa shape index (κ1) is 16.7. The molecule has 0 N–H and O–H groups in total. The first-order valence-corrected chi connectivity index (χ1v) is 9.19. The van der Waals surface area contributed by atoms with E-state index in [1.807, 2.05) is 44.3 Å². The average Bonchev–Trinajstić information content (AvgIpc) is 3.37. The molecule has 0 saturated heterocycles. The van der Waals surface area contributed by atoms with Crippen LogP contribution in [0, 0.1) is 6.92 Å². The number of thiophene rings is 1. The number of aryl methyl sites for hydroxylation is 1. The smallest absolute Gasteiger partial charge is 0.253 e. The van der Waals surface area contributed by atoms with Crippen LogP contribution in [0.2, 0.25) is 0 Å². The molecule has 6 nitrogen and oxygen atoms in total.